The molecule has 1 aliphatic carbocycles. The fourth-order valence-electron chi connectivity index (χ4n) is 2.86. The molecular formula is C21H19F2KN6OS. The Morgan fingerprint density at radius 1 is 1.31 bits per heavy atom. The second-order valence-electron chi connectivity index (χ2n) is 6.79. The predicted octanol–water partition coefficient (Wildman–Crippen LogP) is 1.67. The summed E-state index contributed by atoms with van der Waals surface area (Å²) in [6.45, 7) is 0. The molecule has 0 amide bonds. The Morgan fingerprint density at radius 3 is 2.81 bits per heavy atom. The van der Waals surface area contributed by atoms with E-state index in [2.05, 4.69) is 37.7 Å². The Labute approximate surface area is 231 Å². The van der Waals surface area contributed by atoms with Crippen LogP contribution in [-0.4, -0.2) is 29.0 Å². The maximum atomic E-state index is 13.3. The van der Waals surface area contributed by atoms with E-state index < -0.39 is 6.43 Å². The summed E-state index contributed by atoms with van der Waals surface area (Å²) >= 11 is 1.38. The molecule has 0 bridgehead atoms. The van der Waals surface area contributed by atoms with Crippen LogP contribution in [0.15, 0.2) is 40.6 Å². The van der Waals surface area contributed by atoms with Crippen molar-refractivity contribution in [1.82, 2.24) is 10.4 Å². The monoisotopic (exact) mass is 480 g/mol. The summed E-state index contributed by atoms with van der Waals surface area (Å²) in [6, 6.07) is 5.81. The quantitative estimate of drug-likeness (QED) is 0.294. The van der Waals surface area contributed by atoms with Gasteiger partial charge in [-0.3, -0.25) is 0 Å². The molecule has 160 valence electrons. The number of pyridine rings is 1. The Morgan fingerprint density at radius 2 is 2.12 bits per heavy atom. The second kappa shape index (κ2) is 11.4. The minimum absolute atomic E-state index is 0. The summed E-state index contributed by atoms with van der Waals surface area (Å²) in [5, 5.41) is 9.13. The van der Waals surface area contributed by atoms with Crippen LogP contribution in [0.3, 0.4) is 0 Å². The van der Waals surface area contributed by atoms with E-state index in [-0.39, 0.29) is 62.3 Å². The molecule has 0 radical (unpaired) electrons. The zero-order valence-corrected chi connectivity index (χ0v) is 21.5. The fraction of sp³-hybridized carbons (Fsp3) is 0.286. The number of alkyl halides is 2. The summed E-state index contributed by atoms with van der Waals surface area (Å²) in [7, 11) is 1.47. The zero-order chi connectivity index (χ0) is 21.8. The van der Waals surface area contributed by atoms with Gasteiger partial charge < -0.3 is 26.3 Å². The number of ether oxygens (including phenoxy) is 1. The molecule has 1 aromatic heterocycles. The second-order valence-corrected chi connectivity index (χ2v) is 7.87. The van der Waals surface area contributed by atoms with E-state index in [1.165, 1.54) is 43.3 Å². The van der Waals surface area contributed by atoms with Gasteiger partial charge in [-0.1, -0.05) is 23.6 Å². The fourth-order valence-corrected chi connectivity index (χ4v) is 3.56. The van der Waals surface area contributed by atoms with Crippen molar-refractivity contribution in [3.63, 3.8) is 0 Å². The van der Waals surface area contributed by atoms with Crippen molar-refractivity contribution in [2.45, 2.75) is 24.6 Å². The van der Waals surface area contributed by atoms with Crippen LogP contribution in [-0.2, 0) is 0 Å². The van der Waals surface area contributed by atoms with E-state index in [0.717, 1.165) is 19.2 Å². The minimum Gasteiger partial charge on any atom is -0.496 e. The van der Waals surface area contributed by atoms with Gasteiger partial charge in [-0.25, -0.2) is 18.8 Å². The molecule has 1 unspecified atom stereocenters. The predicted molar refractivity (Wildman–Crippen MR) is 119 cm³/mol. The maximum Gasteiger partial charge on any atom is 1.00 e. The van der Waals surface area contributed by atoms with Gasteiger partial charge in [0.1, 0.15) is 11.1 Å². The average Bonchev–Trinajstić information content (AvgIpc) is 3.50. The molecule has 0 spiro atoms. The van der Waals surface area contributed by atoms with Crippen molar-refractivity contribution in [2.24, 2.45) is 21.7 Å². The molecule has 3 N–H and O–H groups in total. The van der Waals surface area contributed by atoms with Crippen LogP contribution in [0.25, 0.3) is 16.4 Å². The van der Waals surface area contributed by atoms with E-state index in [9.17, 15) is 8.78 Å². The zero-order valence-electron chi connectivity index (χ0n) is 17.5. The summed E-state index contributed by atoms with van der Waals surface area (Å²) in [4.78, 5) is 8.22. The SMILES string of the molecule is COc1ccc(C(F)F)cc1-c1cnc(N=CN)cc1[N-]C1=NNC(C#CC2CC2)S1.[K+]. The van der Waals surface area contributed by atoms with Crippen molar-refractivity contribution in [2.75, 3.05) is 7.11 Å². The number of amidine groups is 1. The number of benzene rings is 1. The van der Waals surface area contributed by atoms with Gasteiger partial charge in [0, 0.05) is 28.8 Å². The van der Waals surface area contributed by atoms with Crippen LogP contribution < -0.4 is 67.3 Å². The summed E-state index contributed by atoms with van der Waals surface area (Å²) in [6.07, 6.45) is 2.30. The normalized spacial score (nSPS) is 17.2. The van der Waals surface area contributed by atoms with Gasteiger partial charge in [0.2, 0.25) is 0 Å². The first-order chi connectivity index (χ1) is 15.1. The van der Waals surface area contributed by atoms with Crippen LogP contribution in [0.1, 0.15) is 24.8 Å². The molecule has 1 aromatic carbocycles. The van der Waals surface area contributed by atoms with Crippen molar-refractivity contribution < 1.29 is 64.9 Å². The number of hydrogen-bond donors (Lipinski definition) is 2. The largest absolute Gasteiger partial charge is 1.00 e. The van der Waals surface area contributed by atoms with Gasteiger partial charge in [-0.05, 0) is 48.0 Å². The smallest absolute Gasteiger partial charge is 0.496 e. The van der Waals surface area contributed by atoms with Crippen molar-refractivity contribution in [1.29, 1.82) is 0 Å². The standard InChI is InChI=1S/C21H19F2N6OS.K/c1-30-17-6-5-13(20(22)23)8-14(17)15-10-25-18(26-11-24)9-16(15)27-21-29-28-19(31-21)7-4-12-2-3-12;/h5-6,8-12,19-20,28H,2-3H2,1H3,(H2-,24,25,26,27,29);/q-1;+1. The molecule has 1 saturated carbocycles. The van der Waals surface area contributed by atoms with E-state index in [4.69, 9.17) is 10.5 Å². The molecule has 1 fully saturated rings. The van der Waals surface area contributed by atoms with Crippen molar-refractivity contribution >= 4 is 34.8 Å². The number of hydrazone groups is 1. The topological polar surface area (TPSA) is 99.0 Å². The Kier molecular flexibility index (Phi) is 8.92. The molecule has 32 heavy (non-hydrogen) atoms. The van der Waals surface area contributed by atoms with E-state index in [1.54, 1.807) is 6.07 Å². The molecule has 11 heteroatoms. The van der Waals surface area contributed by atoms with E-state index in [0.29, 0.717) is 39.5 Å². The van der Waals surface area contributed by atoms with Gasteiger partial charge >= 0.3 is 51.4 Å². The number of nitrogens with two attached hydrogens (primary N) is 1. The molecule has 2 heterocycles. The molecule has 1 aliphatic heterocycles. The van der Waals surface area contributed by atoms with Gasteiger partial charge in [0.25, 0.3) is 6.43 Å². The van der Waals surface area contributed by atoms with Crippen LogP contribution in [0.5, 0.6) is 5.75 Å². The van der Waals surface area contributed by atoms with Gasteiger partial charge in [0.15, 0.2) is 5.82 Å². The average molecular weight is 481 g/mol. The third-order valence-electron chi connectivity index (χ3n) is 4.55. The molecule has 4 rings (SSSR count). The number of aromatic nitrogens is 1. The van der Waals surface area contributed by atoms with Gasteiger partial charge in [-0.2, -0.15) is 0 Å². The molecule has 0 saturated heterocycles. The van der Waals surface area contributed by atoms with Gasteiger partial charge in [-0.15, -0.1) is 0 Å². The molecular weight excluding hydrogens is 461 g/mol. The van der Waals surface area contributed by atoms with E-state index in [1.807, 2.05) is 0 Å². The van der Waals surface area contributed by atoms with Crippen LogP contribution in [0.2, 0.25) is 0 Å². The number of nitrogens with one attached hydrogen (secondary N) is 1. The third-order valence-corrected chi connectivity index (χ3v) is 5.41. The van der Waals surface area contributed by atoms with Crippen molar-refractivity contribution in [3.8, 4) is 28.7 Å². The molecule has 1 atom stereocenters. The summed E-state index contributed by atoms with van der Waals surface area (Å²) < 4.78 is 32.0. The number of halogens is 2. The Bertz CT molecular complexity index is 1100. The first kappa shape index (κ1) is 24.9. The molecule has 7 nitrogen and oxygen atoms in total. The van der Waals surface area contributed by atoms with Crippen molar-refractivity contribution in [3.05, 3.63) is 41.3 Å². The number of nitrogens with zero attached hydrogens (tertiary/aromatic N) is 4. The third kappa shape index (κ3) is 6.21. The number of thioether (sulfide) groups is 1. The summed E-state index contributed by atoms with van der Waals surface area (Å²) in [5.41, 5.74) is 9.60. The first-order valence-electron chi connectivity index (χ1n) is 9.51. The first-order valence-corrected chi connectivity index (χ1v) is 10.4. The van der Waals surface area contributed by atoms with E-state index >= 15 is 0 Å². The van der Waals surface area contributed by atoms with Crippen LogP contribution in [0.4, 0.5) is 20.3 Å². The van der Waals surface area contributed by atoms with Crippen LogP contribution in [0, 0.1) is 17.8 Å². The number of hydrogen-bond acceptors (Lipinski definition) is 6. The number of aliphatic imine (C=N–C) groups is 1. The Balaban J connectivity index is 0.00000289. The number of rotatable bonds is 5. The minimum atomic E-state index is -2.62. The molecule has 2 aromatic rings. The number of methoxy groups -OCH3 is 1. The Hall–Kier alpha value is -1.68. The van der Waals surface area contributed by atoms with Crippen LogP contribution >= 0.6 is 11.8 Å². The summed E-state index contributed by atoms with van der Waals surface area (Å²) in [5.74, 6) is 7.58. The molecule has 2 aliphatic rings. The van der Waals surface area contributed by atoms with Gasteiger partial charge in [0.05, 0.1) is 13.4 Å². The maximum absolute atomic E-state index is 13.3.